The maximum Gasteiger partial charge on any atom is 0.500 e. The summed E-state index contributed by atoms with van der Waals surface area (Å²) < 4.78 is 35.8. The average Bonchev–Trinajstić information content (AvgIpc) is 3.45. The number of rotatable bonds is 21. The smallest absolute Gasteiger partial charge is 0.374 e. The molecule has 4 aliphatic rings. The Morgan fingerprint density at radius 2 is 0.771 bits per heavy atom. The molecule has 0 aromatic rings. The largest absolute Gasteiger partial charge is 0.500 e. The number of nitrogens with zero attached hydrogens (tertiary/aromatic N) is 2. The fourth-order valence-electron chi connectivity index (χ4n) is 8.77. The van der Waals surface area contributed by atoms with Crippen molar-refractivity contribution in [1.29, 1.82) is 0 Å². The van der Waals surface area contributed by atoms with Crippen LogP contribution in [0.3, 0.4) is 0 Å². The highest BCUT2D eigenvalue weighted by Crippen LogP contribution is 2.50. The van der Waals surface area contributed by atoms with E-state index in [1.54, 1.807) is 0 Å². The minimum atomic E-state index is -2.86. The molecule has 4 amide bonds. The quantitative estimate of drug-likeness (QED) is 0.122. The average molecular weight is 713 g/mol. The molecule has 2 aliphatic heterocycles. The summed E-state index contributed by atoms with van der Waals surface area (Å²) in [4.78, 5) is 57.0. The van der Waals surface area contributed by atoms with Gasteiger partial charge in [0.15, 0.2) is 0 Å². The first kappa shape index (κ1) is 39.3. The number of likely N-dealkylation sites (tertiary alicyclic amines) is 2. The molecule has 0 spiro atoms. The van der Waals surface area contributed by atoms with Crippen LogP contribution in [0, 0.1) is 35.5 Å². The van der Waals surface area contributed by atoms with E-state index in [4.69, 9.17) is 26.6 Å². The molecule has 12 nitrogen and oxygen atoms in total. The van der Waals surface area contributed by atoms with Crippen molar-refractivity contribution in [1.82, 2.24) is 9.80 Å². The van der Waals surface area contributed by atoms with Gasteiger partial charge in [0.05, 0.1) is 23.7 Å². The highest BCUT2D eigenvalue weighted by Gasteiger charge is 2.54. The van der Waals surface area contributed by atoms with Gasteiger partial charge in [-0.25, -0.2) is 0 Å². The van der Waals surface area contributed by atoms with Crippen LogP contribution < -0.4 is 0 Å². The molecule has 0 aromatic heterocycles. The fraction of sp³-hybridized carbons (Fsp3) is 0.882. The Balaban J connectivity index is 1.32. The Morgan fingerprint density at radius 1 is 0.479 bits per heavy atom. The zero-order valence-corrected chi connectivity index (χ0v) is 32.2. The third-order valence-corrected chi connectivity index (χ3v) is 17.0. The number of hydrogen-bond acceptors (Lipinski definition) is 10. The molecule has 48 heavy (non-hydrogen) atoms. The van der Waals surface area contributed by atoms with Crippen molar-refractivity contribution >= 4 is 41.2 Å². The van der Waals surface area contributed by atoms with Crippen molar-refractivity contribution in [2.75, 3.05) is 52.7 Å². The van der Waals surface area contributed by atoms with Crippen LogP contribution in [0.5, 0.6) is 0 Å². The Bertz CT molecular complexity index is 994. The van der Waals surface area contributed by atoms with Gasteiger partial charge in [0, 0.05) is 64.8 Å². The van der Waals surface area contributed by atoms with Gasteiger partial charge in [-0.1, -0.05) is 0 Å². The fourth-order valence-corrected chi connectivity index (χ4v) is 14.0. The van der Waals surface area contributed by atoms with Crippen molar-refractivity contribution in [2.45, 2.75) is 105 Å². The molecule has 0 radical (unpaired) electrons. The third kappa shape index (κ3) is 8.67. The second kappa shape index (κ2) is 18.1. The monoisotopic (exact) mass is 712 g/mol. The maximum absolute atomic E-state index is 13.6. The number of carbonyl (C=O) groups is 4. The molecule has 274 valence electrons. The molecule has 6 atom stereocenters. The van der Waals surface area contributed by atoms with Crippen LogP contribution in [-0.4, -0.2) is 104 Å². The molecule has 2 saturated heterocycles. The lowest BCUT2D eigenvalue weighted by atomic mass is 9.64. The molecule has 0 aromatic carbocycles. The van der Waals surface area contributed by atoms with Crippen LogP contribution in [0.25, 0.3) is 0 Å². The molecule has 0 bridgehead atoms. The zero-order chi connectivity index (χ0) is 34.9. The Morgan fingerprint density at radius 3 is 1.06 bits per heavy atom. The van der Waals surface area contributed by atoms with Crippen LogP contribution >= 0.6 is 0 Å². The van der Waals surface area contributed by atoms with E-state index in [-0.39, 0.29) is 59.1 Å². The van der Waals surface area contributed by atoms with Gasteiger partial charge in [0.2, 0.25) is 23.6 Å². The summed E-state index contributed by atoms with van der Waals surface area (Å²) in [6, 6.07) is 1.11. The van der Waals surface area contributed by atoms with E-state index in [9.17, 15) is 19.2 Å². The second-order valence-corrected chi connectivity index (χ2v) is 18.9. The summed E-state index contributed by atoms with van der Waals surface area (Å²) in [6.07, 6.45) is 5.64. The van der Waals surface area contributed by atoms with E-state index in [0.717, 1.165) is 12.8 Å². The highest BCUT2D eigenvalue weighted by atomic mass is 28.4. The number of hydrogen-bond donors (Lipinski definition) is 0. The van der Waals surface area contributed by atoms with Crippen LogP contribution in [0.15, 0.2) is 0 Å². The third-order valence-electron chi connectivity index (χ3n) is 10.7. The van der Waals surface area contributed by atoms with E-state index in [1.165, 1.54) is 9.80 Å². The van der Waals surface area contributed by atoms with E-state index in [0.29, 0.717) is 103 Å². The lowest BCUT2D eigenvalue weighted by Crippen LogP contribution is -2.46. The van der Waals surface area contributed by atoms with Gasteiger partial charge >= 0.3 is 17.6 Å². The van der Waals surface area contributed by atoms with E-state index >= 15 is 0 Å². The SMILES string of the molecule is CCO[Si](CCCN1C(=O)C2CCC(C3CCC4C(=O)N(CCC[Si](OCC)(OCC)OCC)C(=O)C4C3)CC2C1=O)(OCC)OCC. The van der Waals surface area contributed by atoms with Gasteiger partial charge in [-0.2, -0.15) is 0 Å². The predicted molar refractivity (Wildman–Crippen MR) is 182 cm³/mol. The molecule has 6 unspecified atom stereocenters. The number of carbonyl (C=O) groups excluding carboxylic acids is 4. The summed E-state index contributed by atoms with van der Waals surface area (Å²) in [5.41, 5.74) is 0. The summed E-state index contributed by atoms with van der Waals surface area (Å²) >= 11 is 0. The van der Waals surface area contributed by atoms with Crippen molar-refractivity contribution < 1.29 is 45.7 Å². The van der Waals surface area contributed by atoms with Crippen LogP contribution in [0.2, 0.25) is 12.1 Å². The molecule has 4 rings (SSSR count). The Hall–Kier alpha value is -1.53. The van der Waals surface area contributed by atoms with E-state index in [1.807, 2.05) is 41.5 Å². The van der Waals surface area contributed by atoms with Gasteiger partial charge in [-0.3, -0.25) is 29.0 Å². The Kier molecular flexibility index (Phi) is 14.8. The summed E-state index contributed by atoms with van der Waals surface area (Å²) in [7, 11) is -5.71. The Labute approximate surface area is 289 Å². The van der Waals surface area contributed by atoms with Gasteiger partial charge in [-0.05, 0) is 105 Å². The van der Waals surface area contributed by atoms with E-state index < -0.39 is 17.6 Å². The first-order valence-corrected chi connectivity index (χ1v) is 22.5. The van der Waals surface area contributed by atoms with Gasteiger partial charge in [0.1, 0.15) is 0 Å². The van der Waals surface area contributed by atoms with Gasteiger partial charge in [-0.15, -0.1) is 0 Å². The molecular weight excluding hydrogens is 653 g/mol. The van der Waals surface area contributed by atoms with Crippen molar-refractivity contribution in [3.05, 3.63) is 0 Å². The summed E-state index contributed by atoms with van der Waals surface area (Å²) in [6.45, 7) is 15.1. The summed E-state index contributed by atoms with van der Waals surface area (Å²) in [5.74, 6) is -0.828. The topological polar surface area (TPSA) is 130 Å². The minimum Gasteiger partial charge on any atom is -0.374 e. The molecule has 2 aliphatic carbocycles. The number of amides is 4. The van der Waals surface area contributed by atoms with Gasteiger partial charge < -0.3 is 26.6 Å². The van der Waals surface area contributed by atoms with E-state index in [2.05, 4.69) is 0 Å². The van der Waals surface area contributed by atoms with Crippen LogP contribution in [-0.2, 0) is 45.7 Å². The summed E-state index contributed by atoms with van der Waals surface area (Å²) in [5, 5.41) is 0. The predicted octanol–water partition coefficient (Wildman–Crippen LogP) is 4.67. The molecule has 2 saturated carbocycles. The van der Waals surface area contributed by atoms with Crippen molar-refractivity contribution in [2.24, 2.45) is 35.5 Å². The number of fused-ring (bicyclic) bond motifs is 2. The molecule has 14 heteroatoms. The second-order valence-electron chi connectivity index (χ2n) is 13.4. The maximum atomic E-state index is 13.6. The van der Waals surface area contributed by atoms with Crippen molar-refractivity contribution in [3.8, 4) is 0 Å². The molecule has 4 fully saturated rings. The lowest BCUT2D eigenvalue weighted by molar-refractivity contribution is -0.141. The highest BCUT2D eigenvalue weighted by molar-refractivity contribution is 6.61. The molecular formula is C34H60N2O10Si2. The minimum absolute atomic E-state index is 0.0547. The zero-order valence-electron chi connectivity index (χ0n) is 30.2. The molecule has 0 N–H and O–H groups in total. The standard InChI is InChI=1S/C34H60N2O10Si2/c1-7-41-47(42-8-2,43-9-3)21-13-19-35-31(37)27-17-15-25(23-29(27)33(35)39)26-16-18-28-30(24-26)34(40)36(32(28)38)20-14-22-48(44-10-4,45-11-5)46-12-6/h25-30H,7-24H2,1-6H3. The van der Waals surface area contributed by atoms with Crippen LogP contribution in [0.1, 0.15) is 92.9 Å². The van der Waals surface area contributed by atoms with Crippen LogP contribution in [0.4, 0.5) is 0 Å². The normalized spacial score (nSPS) is 28.0. The van der Waals surface area contributed by atoms with Gasteiger partial charge in [0.25, 0.3) is 0 Å². The lowest BCUT2D eigenvalue weighted by Gasteiger charge is -2.38. The first-order valence-electron chi connectivity index (χ1n) is 18.7. The first-order chi connectivity index (χ1) is 23.1. The number of imide groups is 2. The van der Waals surface area contributed by atoms with Crippen molar-refractivity contribution in [3.63, 3.8) is 0 Å². The molecule has 2 heterocycles.